The van der Waals surface area contributed by atoms with E-state index in [4.69, 9.17) is 19.9 Å². The predicted molar refractivity (Wildman–Crippen MR) is 46.0 cm³/mol. The van der Waals surface area contributed by atoms with Gasteiger partial charge in [-0.05, 0) is 0 Å². The highest BCUT2D eigenvalue weighted by atomic mass is 32.2. The quantitative estimate of drug-likeness (QED) is 0.360. The van der Waals surface area contributed by atoms with Crippen LogP contribution in [0.5, 0.6) is 0 Å². The second kappa shape index (κ2) is 5.60. The highest BCUT2D eigenvalue weighted by Crippen LogP contribution is 2.14. The fourth-order valence-electron chi connectivity index (χ4n) is 0.706. The molecular formula is C5H11NO8S. The summed E-state index contributed by atoms with van der Waals surface area (Å²) >= 11 is 0. The number of hydrogen-bond donors (Lipinski definition) is 5. The average Bonchev–Trinajstić information content (AvgIpc) is 1.96. The zero-order chi connectivity index (χ0) is 11.5. The van der Waals surface area contributed by atoms with Crippen molar-refractivity contribution in [2.24, 2.45) is 5.92 Å². The van der Waals surface area contributed by atoms with E-state index >= 15 is 0 Å². The first-order valence-electron chi connectivity index (χ1n) is 3.25. The van der Waals surface area contributed by atoms with Gasteiger partial charge < -0.3 is 21.5 Å². The van der Waals surface area contributed by atoms with E-state index in [1.807, 2.05) is 0 Å². The second-order valence-electron chi connectivity index (χ2n) is 2.45. The molecule has 0 aromatic heterocycles. The number of carboxylic acid groups (broad SMARTS) is 2. The number of hydrogen-bond acceptors (Lipinski definition) is 6. The summed E-state index contributed by atoms with van der Waals surface area (Å²) in [7, 11) is -4.98. The number of carboxylic acids is 2. The molecule has 0 heterocycles. The summed E-state index contributed by atoms with van der Waals surface area (Å²) < 4.78 is 28.9. The molecule has 0 saturated heterocycles. The molecule has 15 heavy (non-hydrogen) atoms. The molecule has 0 amide bonds. The van der Waals surface area contributed by atoms with E-state index in [-0.39, 0.29) is 6.15 Å². The molecule has 0 bridgehead atoms. The van der Waals surface area contributed by atoms with Crippen molar-refractivity contribution in [2.75, 3.05) is 0 Å². The predicted octanol–water partition coefficient (Wildman–Crippen LogP) is -1.47. The smallest absolute Gasteiger partial charge is 0.310 e. The molecule has 7 N–H and O–H groups in total. The Balaban J connectivity index is 0. The molecule has 0 aliphatic rings. The lowest BCUT2D eigenvalue weighted by Crippen LogP contribution is -2.36. The van der Waals surface area contributed by atoms with Crippen LogP contribution in [0.1, 0.15) is 6.42 Å². The Kier molecular flexibility index (Phi) is 6.05. The fourth-order valence-corrected chi connectivity index (χ4v) is 1.33. The third kappa shape index (κ3) is 5.27. The van der Waals surface area contributed by atoms with Gasteiger partial charge >= 0.3 is 11.9 Å². The van der Waals surface area contributed by atoms with E-state index in [9.17, 15) is 18.0 Å². The molecule has 10 heteroatoms. The first-order chi connectivity index (χ1) is 6.16. The number of rotatable bonds is 5. The largest absolute Gasteiger partial charge is 0.481 e. The zero-order valence-corrected chi connectivity index (χ0v) is 8.22. The van der Waals surface area contributed by atoms with Crippen LogP contribution in [0.15, 0.2) is 0 Å². The summed E-state index contributed by atoms with van der Waals surface area (Å²) in [6.45, 7) is 0. The van der Waals surface area contributed by atoms with Crippen LogP contribution in [0.2, 0.25) is 0 Å². The molecule has 0 radical (unpaired) electrons. The van der Waals surface area contributed by atoms with E-state index in [1.165, 1.54) is 0 Å². The van der Waals surface area contributed by atoms with Gasteiger partial charge in [-0.1, -0.05) is 0 Å². The van der Waals surface area contributed by atoms with Gasteiger partial charge in [-0.15, -0.1) is 0 Å². The maximum absolute atomic E-state index is 10.3. The van der Waals surface area contributed by atoms with E-state index in [0.717, 1.165) is 0 Å². The highest BCUT2D eigenvalue weighted by Gasteiger charge is 2.37. The molecule has 0 spiro atoms. The minimum absolute atomic E-state index is 0. The van der Waals surface area contributed by atoms with Crippen LogP contribution in [-0.2, 0) is 19.7 Å². The molecule has 9 nitrogen and oxygen atoms in total. The monoisotopic (exact) mass is 245 g/mol. The molecule has 0 saturated carbocycles. The van der Waals surface area contributed by atoms with Crippen molar-refractivity contribution in [3.05, 3.63) is 0 Å². The van der Waals surface area contributed by atoms with Crippen LogP contribution in [0.3, 0.4) is 0 Å². The molecule has 0 aliphatic heterocycles. The van der Waals surface area contributed by atoms with Crippen molar-refractivity contribution in [1.82, 2.24) is 6.15 Å². The minimum atomic E-state index is -4.98. The maximum atomic E-state index is 10.3. The SMILES string of the molecule is N.O=C(O)CC(C(=O)O)C(O)S(=O)(=O)O. The molecule has 0 fully saturated rings. The van der Waals surface area contributed by atoms with Crippen LogP contribution >= 0.6 is 0 Å². The Labute approximate surface area is 84.7 Å². The van der Waals surface area contributed by atoms with Crippen LogP contribution in [0.4, 0.5) is 0 Å². The molecular weight excluding hydrogens is 234 g/mol. The summed E-state index contributed by atoms with van der Waals surface area (Å²) in [5.74, 6) is -5.51. The van der Waals surface area contributed by atoms with E-state index in [2.05, 4.69) is 0 Å². The third-order valence-corrected chi connectivity index (χ3v) is 2.30. The summed E-state index contributed by atoms with van der Waals surface area (Å²) in [4.78, 5) is 20.4. The van der Waals surface area contributed by atoms with E-state index in [1.54, 1.807) is 0 Å². The maximum Gasteiger partial charge on any atom is 0.310 e. The first-order valence-corrected chi connectivity index (χ1v) is 4.75. The van der Waals surface area contributed by atoms with Crippen LogP contribution in [0.25, 0.3) is 0 Å². The normalized spacial score (nSPS) is 14.8. The molecule has 90 valence electrons. The van der Waals surface area contributed by atoms with Gasteiger partial charge in [0.25, 0.3) is 10.1 Å². The van der Waals surface area contributed by atoms with Gasteiger partial charge in [0.15, 0.2) is 5.44 Å². The van der Waals surface area contributed by atoms with Crippen LogP contribution < -0.4 is 6.15 Å². The van der Waals surface area contributed by atoms with Crippen molar-refractivity contribution < 1.29 is 37.9 Å². The number of aliphatic carboxylic acids is 2. The van der Waals surface area contributed by atoms with Crippen molar-refractivity contribution in [3.63, 3.8) is 0 Å². The van der Waals surface area contributed by atoms with Crippen molar-refractivity contribution in [2.45, 2.75) is 11.9 Å². The lowest BCUT2D eigenvalue weighted by molar-refractivity contribution is -0.150. The van der Waals surface area contributed by atoms with E-state index < -0.39 is 39.8 Å². The van der Waals surface area contributed by atoms with Gasteiger partial charge in [0.2, 0.25) is 0 Å². The number of carbonyl (C=O) groups is 2. The third-order valence-electron chi connectivity index (χ3n) is 1.36. The highest BCUT2D eigenvalue weighted by molar-refractivity contribution is 7.86. The molecule has 0 aliphatic carbocycles. The topological polar surface area (TPSA) is 184 Å². The van der Waals surface area contributed by atoms with Gasteiger partial charge in [0, 0.05) is 0 Å². The summed E-state index contributed by atoms with van der Waals surface area (Å²) in [5.41, 5.74) is -2.64. The standard InChI is InChI=1S/C5H8O8S.H3N/c6-3(7)1-2(4(8)9)5(10)14(11,12)13;/h2,5,10H,1H2,(H,6,7)(H,8,9)(H,11,12,13);1H3. The minimum Gasteiger partial charge on any atom is -0.481 e. The van der Waals surface area contributed by atoms with Crippen LogP contribution in [0, 0.1) is 5.92 Å². The Morgan fingerprint density at radius 1 is 1.20 bits per heavy atom. The molecule has 0 aromatic rings. The fraction of sp³-hybridized carbons (Fsp3) is 0.600. The molecule has 0 aromatic carbocycles. The molecule has 0 rings (SSSR count). The molecule has 2 atom stereocenters. The number of aliphatic hydroxyl groups excluding tert-OH is 1. The van der Waals surface area contributed by atoms with Crippen molar-refractivity contribution in [3.8, 4) is 0 Å². The second-order valence-corrected chi connectivity index (χ2v) is 3.96. The van der Waals surface area contributed by atoms with Gasteiger partial charge in [-0.2, -0.15) is 8.42 Å². The van der Waals surface area contributed by atoms with Gasteiger partial charge in [0.1, 0.15) is 5.92 Å². The Morgan fingerprint density at radius 3 is 1.80 bits per heavy atom. The van der Waals surface area contributed by atoms with Crippen molar-refractivity contribution in [1.29, 1.82) is 0 Å². The zero-order valence-electron chi connectivity index (χ0n) is 7.40. The van der Waals surface area contributed by atoms with Crippen LogP contribution in [-0.4, -0.2) is 45.7 Å². The number of aliphatic hydroxyl groups is 1. The van der Waals surface area contributed by atoms with Gasteiger partial charge in [-0.25, -0.2) is 0 Å². The summed E-state index contributed by atoms with van der Waals surface area (Å²) in [6, 6.07) is 0. The summed E-state index contributed by atoms with van der Waals surface area (Å²) in [5, 5.41) is 25.3. The van der Waals surface area contributed by atoms with Gasteiger partial charge in [-0.3, -0.25) is 14.1 Å². The lowest BCUT2D eigenvalue weighted by atomic mass is 10.1. The Bertz CT molecular complexity index is 335. The van der Waals surface area contributed by atoms with E-state index in [0.29, 0.717) is 0 Å². The average molecular weight is 245 g/mol. The summed E-state index contributed by atoms with van der Waals surface area (Å²) in [6.07, 6.45) is -1.10. The molecule has 2 unspecified atom stereocenters. The first kappa shape index (κ1) is 16.2. The Morgan fingerprint density at radius 2 is 1.60 bits per heavy atom. The van der Waals surface area contributed by atoms with Gasteiger partial charge in [0.05, 0.1) is 6.42 Å². The lowest BCUT2D eigenvalue weighted by Gasteiger charge is -2.13. The van der Waals surface area contributed by atoms with Crippen molar-refractivity contribution >= 4 is 22.1 Å². The Hall–Kier alpha value is -1.23.